The highest BCUT2D eigenvalue weighted by atomic mass is 16.5. The number of benzene rings is 2. The predicted molar refractivity (Wildman–Crippen MR) is 80.4 cm³/mol. The summed E-state index contributed by atoms with van der Waals surface area (Å²) in [5, 5.41) is 1.04. The molecule has 0 saturated heterocycles. The molecule has 0 fully saturated rings. The molecule has 1 heterocycles. The highest BCUT2D eigenvalue weighted by Gasteiger charge is 2.11. The number of fused-ring (bicyclic) bond motifs is 1. The standard InChI is InChI=1S/C18H13NO/c1-2-16(14-8-4-3-5-9-14)20-17-12-6-10-15-11-7-13-19-18(15)17/h1,3-13,16H/t16-/m0/s1. The van der Waals surface area contributed by atoms with Gasteiger partial charge in [-0.05, 0) is 12.1 Å². The maximum Gasteiger partial charge on any atom is 0.184 e. The molecular weight excluding hydrogens is 246 g/mol. The number of ether oxygens (including phenoxy) is 1. The van der Waals surface area contributed by atoms with Crippen LogP contribution >= 0.6 is 0 Å². The molecule has 20 heavy (non-hydrogen) atoms. The van der Waals surface area contributed by atoms with Crippen molar-refractivity contribution in [3.8, 4) is 18.1 Å². The van der Waals surface area contributed by atoms with Crippen LogP contribution in [-0.4, -0.2) is 4.98 Å². The van der Waals surface area contributed by atoms with Crippen LogP contribution in [0.4, 0.5) is 0 Å². The zero-order chi connectivity index (χ0) is 13.8. The summed E-state index contributed by atoms with van der Waals surface area (Å²) >= 11 is 0. The van der Waals surface area contributed by atoms with Crippen LogP contribution in [0.5, 0.6) is 5.75 Å². The summed E-state index contributed by atoms with van der Waals surface area (Å²) in [4.78, 5) is 4.37. The molecule has 0 aliphatic heterocycles. The summed E-state index contributed by atoms with van der Waals surface area (Å²) in [7, 11) is 0. The van der Waals surface area contributed by atoms with E-state index in [0.717, 1.165) is 16.5 Å². The van der Waals surface area contributed by atoms with Crippen LogP contribution in [0.15, 0.2) is 66.9 Å². The van der Waals surface area contributed by atoms with Crippen molar-refractivity contribution in [2.75, 3.05) is 0 Å². The summed E-state index contributed by atoms with van der Waals surface area (Å²) in [5.41, 5.74) is 1.79. The van der Waals surface area contributed by atoms with Gasteiger partial charge in [0.05, 0.1) is 0 Å². The summed E-state index contributed by atoms with van der Waals surface area (Å²) in [6.45, 7) is 0. The van der Waals surface area contributed by atoms with E-state index in [0.29, 0.717) is 5.75 Å². The van der Waals surface area contributed by atoms with Crippen molar-refractivity contribution in [3.63, 3.8) is 0 Å². The normalized spacial score (nSPS) is 11.8. The zero-order valence-corrected chi connectivity index (χ0v) is 10.9. The van der Waals surface area contributed by atoms with E-state index in [-0.39, 0.29) is 0 Å². The van der Waals surface area contributed by atoms with Gasteiger partial charge in [0, 0.05) is 17.1 Å². The van der Waals surface area contributed by atoms with E-state index in [1.807, 2.05) is 60.7 Å². The lowest BCUT2D eigenvalue weighted by Gasteiger charge is -2.15. The van der Waals surface area contributed by atoms with Crippen molar-refractivity contribution in [3.05, 3.63) is 72.4 Å². The molecule has 0 spiro atoms. The number of nitrogens with zero attached hydrogens (tertiary/aromatic N) is 1. The summed E-state index contributed by atoms with van der Waals surface area (Å²) in [6.07, 6.45) is 6.94. The van der Waals surface area contributed by atoms with Crippen molar-refractivity contribution < 1.29 is 4.74 Å². The fourth-order valence-corrected chi connectivity index (χ4v) is 2.12. The first-order valence-electron chi connectivity index (χ1n) is 6.40. The van der Waals surface area contributed by atoms with Crippen LogP contribution in [0.1, 0.15) is 11.7 Å². The number of terminal acetylenes is 1. The van der Waals surface area contributed by atoms with Gasteiger partial charge in [-0.1, -0.05) is 54.5 Å². The van der Waals surface area contributed by atoms with E-state index in [4.69, 9.17) is 11.2 Å². The average molecular weight is 259 g/mol. The molecule has 0 bridgehead atoms. The molecule has 0 radical (unpaired) electrons. The lowest BCUT2D eigenvalue weighted by atomic mass is 10.1. The highest BCUT2D eigenvalue weighted by Crippen LogP contribution is 2.27. The molecule has 0 unspecified atom stereocenters. The van der Waals surface area contributed by atoms with Gasteiger partial charge in [-0.3, -0.25) is 4.98 Å². The van der Waals surface area contributed by atoms with E-state index in [9.17, 15) is 0 Å². The molecule has 0 aliphatic carbocycles. The van der Waals surface area contributed by atoms with E-state index in [1.54, 1.807) is 6.20 Å². The molecule has 1 aromatic heterocycles. The van der Waals surface area contributed by atoms with Crippen molar-refractivity contribution in [2.24, 2.45) is 0 Å². The van der Waals surface area contributed by atoms with E-state index in [1.165, 1.54) is 0 Å². The number of para-hydroxylation sites is 1. The van der Waals surface area contributed by atoms with Crippen LogP contribution < -0.4 is 4.74 Å². The number of aromatic nitrogens is 1. The quantitative estimate of drug-likeness (QED) is 0.663. The number of pyridine rings is 1. The Kier molecular flexibility index (Phi) is 3.34. The van der Waals surface area contributed by atoms with E-state index < -0.39 is 6.10 Å². The fraction of sp³-hybridized carbons (Fsp3) is 0.0556. The van der Waals surface area contributed by atoms with Gasteiger partial charge in [-0.2, -0.15) is 0 Å². The molecule has 0 aliphatic rings. The summed E-state index contributed by atoms with van der Waals surface area (Å²) < 4.78 is 5.96. The van der Waals surface area contributed by atoms with Crippen LogP contribution in [0.2, 0.25) is 0 Å². The van der Waals surface area contributed by atoms with Gasteiger partial charge in [0.1, 0.15) is 11.3 Å². The first-order chi connectivity index (χ1) is 9.88. The largest absolute Gasteiger partial charge is 0.471 e. The number of rotatable bonds is 3. The van der Waals surface area contributed by atoms with Crippen LogP contribution in [-0.2, 0) is 0 Å². The smallest absolute Gasteiger partial charge is 0.184 e. The SMILES string of the molecule is C#C[C@H](Oc1cccc2cccnc12)c1ccccc1. The van der Waals surface area contributed by atoms with Crippen molar-refractivity contribution in [1.82, 2.24) is 4.98 Å². The summed E-state index contributed by atoms with van der Waals surface area (Å²) in [6, 6.07) is 19.5. The Morgan fingerprint density at radius 3 is 2.55 bits per heavy atom. The monoisotopic (exact) mass is 259 g/mol. The fourth-order valence-electron chi connectivity index (χ4n) is 2.12. The minimum Gasteiger partial charge on any atom is -0.471 e. The molecule has 2 aromatic carbocycles. The second-order valence-electron chi connectivity index (χ2n) is 4.41. The van der Waals surface area contributed by atoms with E-state index >= 15 is 0 Å². The Bertz CT molecular complexity index is 754. The van der Waals surface area contributed by atoms with Gasteiger partial charge < -0.3 is 4.74 Å². The number of hydrogen-bond acceptors (Lipinski definition) is 2. The van der Waals surface area contributed by atoms with Crippen LogP contribution in [0.3, 0.4) is 0 Å². The van der Waals surface area contributed by atoms with Gasteiger partial charge in [0.15, 0.2) is 6.10 Å². The highest BCUT2D eigenvalue weighted by molar-refractivity contribution is 5.84. The third-order valence-corrected chi connectivity index (χ3v) is 3.09. The predicted octanol–water partition coefficient (Wildman–Crippen LogP) is 3.99. The Hall–Kier alpha value is -2.79. The van der Waals surface area contributed by atoms with Gasteiger partial charge in [-0.25, -0.2) is 0 Å². The molecule has 96 valence electrons. The van der Waals surface area contributed by atoms with Crippen molar-refractivity contribution in [1.29, 1.82) is 0 Å². The van der Waals surface area contributed by atoms with Crippen molar-refractivity contribution in [2.45, 2.75) is 6.10 Å². The van der Waals surface area contributed by atoms with Gasteiger partial charge in [0.2, 0.25) is 0 Å². The van der Waals surface area contributed by atoms with Gasteiger partial charge in [-0.15, -0.1) is 6.42 Å². The molecule has 0 amide bonds. The van der Waals surface area contributed by atoms with E-state index in [2.05, 4.69) is 10.9 Å². The molecule has 2 heteroatoms. The molecule has 2 nitrogen and oxygen atoms in total. The second-order valence-corrected chi connectivity index (χ2v) is 4.41. The first-order valence-corrected chi connectivity index (χ1v) is 6.40. The molecule has 0 N–H and O–H groups in total. The van der Waals surface area contributed by atoms with Crippen LogP contribution in [0.25, 0.3) is 10.9 Å². The van der Waals surface area contributed by atoms with Crippen LogP contribution in [0, 0.1) is 12.3 Å². The Morgan fingerprint density at radius 2 is 1.75 bits per heavy atom. The maximum atomic E-state index is 5.96. The van der Waals surface area contributed by atoms with Crippen molar-refractivity contribution >= 4 is 10.9 Å². The topological polar surface area (TPSA) is 22.1 Å². The minimum absolute atomic E-state index is 0.413. The lowest BCUT2D eigenvalue weighted by molar-refractivity contribution is 0.268. The Morgan fingerprint density at radius 1 is 0.950 bits per heavy atom. The minimum atomic E-state index is -0.413. The molecule has 3 rings (SSSR count). The molecule has 0 saturated carbocycles. The maximum absolute atomic E-state index is 5.96. The third kappa shape index (κ3) is 2.34. The second kappa shape index (κ2) is 5.46. The van der Waals surface area contributed by atoms with Gasteiger partial charge in [0.25, 0.3) is 0 Å². The molecule has 3 aromatic rings. The van der Waals surface area contributed by atoms with Gasteiger partial charge >= 0.3 is 0 Å². The molecule has 1 atom stereocenters. The Labute approximate surface area is 118 Å². The third-order valence-electron chi connectivity index (χ3n) is 3.09. The average Bonchev–Trinajstić information content (AvgIpc) is 2.53. The lowest BCUT2D eigenvalue weighted by Crippen LogP contribution is -2.05. The molecular formula is C18H13NO. The zero-order valence-electron chi connectivity index (χ0n) is 10.9. The summed E-state index contributed by atoms with van der Waals surface area (Å²) in [5.74, 6) is 3.39. The first kappa shape index (κ1) is 12.3. The Balaban J connectivity index is 1.99. The number of hydrogen-bond donors (Lipinski definition) is 0.